The van der Waals surface area contributed by atoms with E-state index in [4.69, 9.17) is 23.7 Å². The molecule has 9 rings (SSSR count). The molecule has 3 aliphatic heterocycles. The normalized spacial score (nSPS) is 49.0. The van der Waals surface area contributed by atoms with Crippen LogP contribution in [0.4, 0.5) is 0 Å². The highest BCUT2D eigenvalue weighted by Crippen LogP contribution is 2.87. The van der Waals surface area contributed by atoms with Gasteiger partial charge in [-0.3, -0.25) is 9.69 Å². The van der Waals surface area contributed by atoms with Gasteiger partial charge in [-0.1, -0.05) is 20.8 Å². The van der Waals surface area contributed by atoms with Crippen molar-refractivity contribution in [3.63, 3.8) is 0 Å². The third-order valence-corrected chi connectivity index (χ3v) is 16.5. The van der Waals surface area contributed by atoms with Crippen LogP contribution in [0.15, 0.2) is 0 Å². The van der Waals surface area contributed by atoms with E-state index in [-0.39, 0.29) is 37.4 Å². The molecule has 0 amide bonds. The van der Waals surface area contributed by atoms with Gasteiger partial charge in [-0.2, -0.15) is 0 Å². The van der Waals surface area contributed by atoms with Crippen molar-refractivity contribution >= 4 is 5.97 Å². The Hall–Kier alpha value is -0.770. The Morgan fingerprint density at radius 1 is 0.979 bits per heavy atom. The summed E-state index contributed by atoms with van der Waals surface area (Å²) in [6, 6.07) is 0.536. The van der Waals surface area contributed by atoms with Crippen molar-refractivity contribution in [2.24, 2.45) is 51.2 Å². The SMILES string of the molecule is CC12CCC34CC35CC[C@H](OC3CN(C6COC6)CCO3)C(C)(C)C5CCC4C1CC1OC([C@H](OC(=O)CC3CC3)C(C)(C)O)CCC12.[HH]. The number of esters is 1. The lowest BCUT2D eigenvalue weighted by Gasteiger charge is -2.60. The molecule has 0 aromatic heterocycles. The molecule has 0 radical (unpaired) electrons. The number of nitrogens with zero attached hydrogens (tertiary/aromatic N) is 1. The smallest absolute Gasteiger partial charge is 0.306 e. The monoisotopic (exact) mass is 671 g/mol. The Bertz CT molecular complexity index is 1270. The van der Waals surface area contributed by atoms with E-state index in [1.807, 2.05) is 0 Å². The summed E-state index contributed by atoms with van der Waals surface area (Å²) in [6.07, 6.45) is 14.6. The maximum absolute atomic E-state index is 12.8. The first-order valence-electron chi connectivity index (χ1n) is 20.0. The number of rotatable bonds is 8. The number of ether oxygens (including phenoxy) is 5. The van der Waals surface area contributed by atoms with E-state index in [1.165, 1.54) is 38.5 Å². The fraction of sp³-hybridized carbons (Fsp3) is 0.975. The minimum Gasteiger partial charge on any atom is -0.457 e. The van der Waals surface area contributed by atoms with Gasteiger partial charge in [0.1, 0.15) is 0 Å². The zero-order valence-electron chi connectivity index (χ0n) is 30.4. The van der Waals surface area contributed by atoms with Crippen molar-refractivity contribution in [3.8, 4) is 0 Å². The average Bonchev–Trinajstić information content (AvgIpc) is 3.91. The zero-order chi connectivity index (χ0) is 33.3. The summed E-state index contributed by atoms with van der Waals surface area (Å²) >= 11 is 0. The van der Waals surface area contributed by atoms with Gasteiger partial charge in [-0.05, 0) is 142 Å². The molecular weight excluding hydrogens is 606 g/mol. The zero-order valence-corrected chi connectivity index (χ0v) is 30.4. The lowest BCUT2D eigenvalue weighted by Crippen LogP contribution is -2.58. The largest absolute Gasteiger partial charge is 0.457 e. The van der Waals surface area contributed by atoms with Crippen molar-refractivity contribution in [1.82, 2.24) is 4.90 Å². The van der Waals surface area contributed by atoms with Crippen LogP contribution in [-0.2, 0) is 28.5 Å². The van der Waals surface area contributed by atoms with Crippen molar-refractivity contribution in [3.05, 3.63) is 0 Å². The molecule has 8 nitrogen and oxygen atoms in total. The number of hydrogen-bond donors (Lipinski definition) is 1. The number of carbonyl (C=O) groups is 1. The van der Waals surface area contributed by atoms with Gasteiger partial charge in [0.05, 0.1) is 56.3 Å². The van der Waals surface area contributed by atoms with Gasteiger partial charge in [-0.25, -0.2) is 0 Å². The topological polar surface area (TPSA) is 86.7 Å². The van der Waals surface area contributed by atoms with Gasteiger partial charge in [0, 0.05) is 14.4 Å². The molecule has 9 aliphatic rings. The Morgan fingerprint density at radius 2 is 1.77 bits per heavy atom. The van der Waals surface area contributed by atoms with E-state index in [2.05, 4.69) is 25.7 Å². The highest BCUT2D eigenvalue weighted by atomic mass is 16.7. The fourth-order valence-electron chi connectivity index (χ4n) is 13.8. The maximum atomic E-state index is 12.8. The van der Waals surface area contributed by atoms with Gasteiger partial charge in [0.25, 0.3) is 0 Å². The predicted octanol–water partition coefficient (Wildman–Crippen LogP) is 6.36. The average molecular weight is 672 g/mol. The molecule has 0 aromatic rings. The molecule has 2 spiro atoms. The molecular formula is C40H65NO7. The number of morpholine rings is 1. The van der Waals surface area contributed by atoms with E-state index >= 15 is 0 Å². The van der Waals surface area contributed by atoms with E-state index in [0.29, 0.717) is 52.4 Å². The van der Waals surface area contributed by atoms with Crippen molar-refractivity contribution in [2.45, 2.75) is 160 Å². The van der Waals surface area contributed by atoms with Crippen LogP contribution in [0.3, 0.4) is 0 Å². The van der Waals surface area contributed by atoms with Gasteiger partial charge < -0.3 is 28.8 Å². The fourth-order valence-corrected chi connectivity index (χ4v) is 13.8. The van der Waals surface area contributed by atoms with Crippen LogP contribution in [0.25, 0.3) is 0 Å². The standard InChI is InChI=1S/C40H63NO7.H2/c1-36(2)31-11-9-26-28-19-30-27(8-10-29(46-30)35(37(3,4)43)48-33(42)18-24-6-7-24)38(28,5)14-15-39(26)23-40(31,39)13-12-32(36)47-34-20-41(16-17-45-34)25-21-44-22-25;/h24-32,34-35,43H,6-23H2,1-5H3;1H/t26?,27?,28?,29?,30?,31?,32-,34?,35-,38?,39?,40?;/m0./s1. The van der Waals surface area contributed by atoms with Crippen LogP contribution in [0.5, 0.6) is 0 Å². The molecule has 272 valence electrons. The summed E-state index contributed by atoms with van der Waals surface area (Å²) in [5, 5.41) is 11.1. The summed E-state index contributed by atoms with van der Waals surface area (Å²) in [7, 11) is 0. The summed E-state index contributed by atoms with van der Waals surface area (Å²) in [5.41, 5.74) is 0.300. The van der Waals surface area contributed by atoms with E-state index in [0.717, 1.165) is 77.4 Å². The third-order valence-electron chi connectivity index (χ3n) is 16.5. The van der Waals surface area contributed by atoms with Gasteiger partial charge in [0.15, 0.2) is 12.4 Å². The molecule has 6 saturated carbocycles. The lowest BCUT2D eigenvalue weighted by molar-refractivity contribution is -0.253. The minimum atomic E-state index is -1.13. The van der Waals surface area contributed by atoms with Crippen LogP contribution in [0.2, 0.25) is 0 Å². The highest BCUT2D eigenvalue weighted by molar-refractivity contribution is 5.70. The third kappa shape index (κ3) is 5.06. The quantitative estimate of drug-likeness (QED) is 0.299. The highest BCUT2D eigenvalue weighted by Gasteiger charge is 2.80. The van der Waals surface area contributed by atoms with E-state index in [1.54, 1.807) is 13.8 Å². The van der Waals surface area contributed by atoms with Crippen LogP contribution in [0.1, 0.15) is 120 Å². The molecule has 6 aliphatic carbocycles. The first kappa shape index (κ1) is 33.1. The van der Waals surface area contributed by atoms with Gasteiger partial charge in [-0.15, -0.1) is 0 Å². The molecule has 8 heteroatoms. The maximum Gasteiger partial charge on any atom is 0.306 e. The summed E-state index contributed by atoms with van der Waals surface area (Å²) in [6.45, 7) is 15.5. The van der Waals surface area contributed by atoms with Crippen molar-refractivity contribution < 1.29 is 35.0 Å². The molecule has 9 fully saturated rings. The first-order valence-corrected chi connectivity index (χ1v) is 20.0. The Morgan fingerprint density at radius 3 is 2.50 bits per heavy atom. The van der Waals surface area contributed by atoms with Crippen molar-refractivity contribution in [1.29, 1.82) is 0 Å². The first-order chi connectivity index (χ1) is 22.8. The molecule has 10 unspecified atom stereocenters. The Kier molecular flexibility index (Phi) is 7.83. The number of aliphatic hydroxyl groups is 1. The second-order valence-corrected chi connectivity index (χ2v) is 19.7. The van der Waals surface area contributed by atoms with Crippen LogP contribution < -0.4 is 0 Å². The van der Waals surface area contributed by atoms with Crippen LogP contribution in [-0.4, -0.2) is 91.2 Å². The lowest BCUT2D eigenvalue weighted by atomic mass is 9.46. The van der Waals surface area contributed by atoms with Gasteiger partial charge >= 0.3 is 5.97 Å². The predicted molar refractivity (Wildman–Crippen MR) is 182 cm³/mol. The van der Waals surface area contributed by atoms with Crippen LogP contribution in [0, 0.1) is 51.2 Å². The summed E-state index contributed by atoms with van der Waals surface area (Å²) in [4.78, 5) is 15.3. The molecule has 0 aromatic carbocycles. The molecule has 12 atom stereocenters. The number of carbonyl (C=O) groups excluding carboxylic acids is 1. The second kappa shape index (κ2) is 11.4. The van der Waals surface area contributed by atoms with Gasteiger partial charge in [0.2, 0.25) is 0 Å². The second-order valence-electron chi connectivity index (χ2n) is 19.7. The van der Waals surface area contributed by atoms with Crippen molar-refractivity contribution in [2.75, 3.05) is 32.9 Å². The molecule has 48 heavy (non-hydrogen) atoms. The summed E-state index contributed by atoms with van der Waals surface area (Å²) < 4.78 is 31.6. The van der Waals surface area contributed by atoms with E-state index in [9.17, 15) is 9.90 Å². The molecule has 0 bridgehead atoms. The molecule has 3 saturated heterocycles. The minimum absolute atomic E-state index is 0. The Labute approximate surface area is 290 Å². The Balaban J connectivity index is 0.00000348. The number of hydrogen-bond acceptors (Lipinski definition) is 8. The van der Waals surface area contributed by atoms with Crippen LogP contribution >= 0.6 is 0 Å². The molecule has 3 heterocycles. The van der Waals surface area contributed by atoms with E-state index < -0.39 is 11.7 Å². The summed E-state index contributed by atoms with van der Waals surface area (Å²) in [5.74, 6) is 3.07. The molecule has 1 N–H and O–H groups in total. The number of fused-ring (bicyclic) bond motifs is 4.